The Labute approximate surface area is 70.7 Å². The lowest BCUT2D eigenvalue weighted by molar-refractivity contribution is 0.472. The van der Waals surface area contributed by atoms with Crippen LogP contribution in [0, 0.1) is 11.8 Å². The van der Waals surface area contributed by atoms with Gasteiger partial charge in [0.2, 0.25) is 0 Å². The zero-order valence-corrected chi connectivity index (χ0v) is 8.28. The van der Waals surface area contributed by atoms with Gasteiger partial charge in [0.1, 0.15) is 0 Å². The Balaban J connectivity index is 2.77. The van der Waals surface area contributed by atoms with Crippen LogP contribution in [0.15, 0.2) is 11.1 Å². The average molecular weight is 152 g/mol. The fourth-order valence-corrected chi connectivity index (χ4v) is 2.31. The van der Waals surface area contributed by atoms with E-state index in [9.17, 15) is 0 Å². The minimum absolute atomic E-state index is 0.856. The predicted octanol–water partition coefficient (Wildman–Crippen LogP) is 3.78. The minimum Gasteiger partial charge on any atom is -0.0707 e. The van der Waals surface area contributed by atoms with Crippen molar-refractivity contribution in [1.29, 1.82) is 0 Å². The quantitative estimate of drug-likeness (QED) is 0.528. The third-order valence-corrected chi connectivity index (χ3v) is 3.23. The van der Waals surface area contributed by atoms with Crippen molar-refractivity contribution >= 4 is 0 Å². The number of hydrogen-bond donors (Lipinski definition) is 0. The first kappa shape index (κ1) is 8.83. The van der Waals surface area contributed by atoms with Gasteiger partial charge in [-0.3, -0.25) is 0 Å². The Bertz CT molecular complexity index is 165. The molecule has 0 bridgehead atoms. The van der Waals surface area contributed by atoms with Gasteiger partial charge >= 0.3 is 0 Å². The molecule has 64 valence electrons. The molecule has 0 aromatic heterocycles. The van der Waals surface area contributed by atoms with E-state index >= 15 is 0 Å². The van der Waals surface area contributed by atoms with Crippen LogP contribution in [0.1, 0.15) is 47.0 Å². The van der Waals surface area contributed by atoms with Crippen LogP contribution in [0.3, 0.4) is 0 Å². The summed E-state index contributed by atoms with van der Waals surface area (Å²) in [5, 5.41) is 0. The van der Waals surface area contributed by atoms with Crippen molar-refractivity contribution in [2.45, 2.75) is 47.0 Å². The summed E-state index contributed by atoms with van der Waals surface area (Å²) in [4.78, 5) is 0. The van der Waals surface area contributed by atoms with Gasteiger partial charge in [0.15, 0.2) is 0 Å². The highest BCUT2D eigenvalue weighted by molar-refractivity contribution is 5.23. The molecule has 1 aliphatic rings. The van der Waals surface area contributed by atoms with Crippen molar-refractivity contribution in [2.75, 3.05) is 0 Å². The molecule has 1 aliphatic carbocycles. The molecule has 0 saturated carbocycles. The van der Waals surface area contributed by atoms with Crippen molar-refractivity contribution in [3.8, 4) is 0 Å². The Morgan fingerprint density at radius 3 is 2.18 bits per heavy atom. The monoisotopic (exact) mass is 152 g/mol. The second kappa shape index (κ2) is 3.42. The maximum atomic E-state index is 2.38. The van der Waals surface area contributed by atoms with Gasteiger partial charge in [-0.15, -0.1) is 0 Å². The van der Waals surface area contributed by atoms with Gasteiger partial charge in [0.05, 0.1) is 0 Å². The fourth-order valence-electron chi connectivity index (χ4n) is 2.31. The maximum Gasteiger partial charge on any atom is -0.0200 e. The number of rotatable bonds is 2. The summed E-state index contributed by atoms with van der Waals surface area (Å²) >= 11 is 0. The van der Waals surface area contributed by atoms with E-state index in [4.69, 9.17) is 0 Å². The molecule has 0 heterocycles. The average Bonchev–Trinajstić information content (AvgIpc) is 2.28. The summed E-state index contributed by atoms with van der Waals surface area (Å²) in [6, 6.07) is 0. The zero-order chi connectivity index (χ0) is 8.43. The highest BCUT2D eigenvalue weighted by Gasteiger charge is 2.25. The van der Waals surface area contributed by atoms with Crippen LogP contribution in [0.5, 0.6) is 0 Å². The summed E-state index contributed by atoms with van der Waals surface area (Å²) in [7, 11) is 0. The maximum absolute atomic E-state index is 2.38. The minimum atomic E-state index is 0.856. The molecule has 0 N–H and O–H groups in total. The molecule has 0 nitrogen and oxygen atoms in total. The summed E-state index contributed by atoms with van der Waals surface area (Å²) in [6.07, 6.45) is 3.91. The van der Waals surface area contributed by atoms with E-state index in [1.165, 1.54) is 19.3 Å². The predicted molar refractivity (Wildman–Crippen MR) is 50.6 cm³/mol. The second-order valence-electron chi connectivity index (χ2n) is 3.81. The van der Waals surface area contributed by atoms with Gasteiger partial charge < -0.3 is 0 Å². The van der Waals surface area contributed by atoms with Crippen LogP contribution < -0.4 is 0 Å². The first-order valence-corrected chi connectivity index (χ1v) is 4.91. The molecule has 0 aliphatic heterocycles. The van der Waals surface area contributed by atoms with Crippen molar-refractivity contribution in [3.63, 3.8) is 0 Å². The molecule has 0 unspecified atom stereocenters. The normalized spacial score (nSPS) is 31.6. The van der Waals surface area contributed by atoms with E-state index in [1.54, 1.807) is 11.1 Å². The Kier molecular flexibility index (Phi) is 2.75. The second-order valence-corrected chi connectivity index (χ2v) is 3.81. The van der Waals surface area contributed by atoms with Crippen LogP contribution in [0.25, 0.3) is 0 Å². The molecule has 1 rings (SSSR count). The lowest BCUT2D eigenvalue weighted by Gasteiger charge is -2.12. The van der Waals surface area contributed by atoms with Crippen LogP contribution in [-0.2, 0) is 0 Å². The lowest BCUT2D eigenvalue weighted by atomic mass is 9.94. The smallest absolute Gasteiger partial charge is 0.0200 e. The third-order valence-electron chi connectivity index (χ3n) is 3.23. The lowest BCUT2D eigenvalue weighted by Crippen LogP contribution is -2.01. The molecule has 0 radical (unpaired) electrons. The van der Waals surface area contributed by atoms with E-state index in [1.807, 2.05) is 0 Å². The van der Waals surface area contributed by atoms with Crippen molar-refractivity contribution in [3.05, 3.63) is 11.1 Å². The van der Waals surface area contributed by atoms with E-state index in [0.717, 1.165) is 11.8 Å². The van der Waals surface area contributed by atoms with E-state index in [2.05, 4.69) is 27.7 Å². The highest BCUT2D eigenvalue weighted by Crippen LogP contribution is 2.39. The molecule has 11 heavy (non-hydrogen) atoms. The van der Waals surface area contributed by atoms with Gasteiger partial charge in [-0.05, 0) is 31.1 Å². The van der Waals surface area contributed by atoms with Gasteiger partial charge in [0, 0.05) is 0 Å². The standard InChI is InChI=1S/C11H20/c1-5-10-7-8(3)9(4)11(10)6-2/h8-9H,5-7H2,1-4H3/t8-,9-/m0/s1. The van der Waals surface area contributed by atoms with Crippen molar-refractivity contribution in [2.24, 2.45) is 11.8 Å². The zero-order valence-electron chi connectivity index (χ0n) is 8.28. The Morgan fingerprint density at radius 1 is 1.18 bits per heavy atom. The first-order chi connectivity index (χ1) is 5.20. The largest absolute Gasteiger partial charge is 0.0707 e. The van der Waals surface area contributed by atoms with Gasteiger partial charge in [-0.2, -0.15) is 0 Å². The molecular formula is C11H20. The number of hydrogen-bond acceptors (Lipinski definition) is 0. The van der Waals surface area contributed by atoms with Crippen LogP contribution >= 0.6 is 0 Å². The van der Waals surface area contributed by atoms with E-state index in [-0.39, 0.29) is 0 Å². The van der Waals surface area contributed by atoms with Gasteiger partial charge in [-0.25, -0.2) is 0 Å². The Hall–Kier alpha value is -0.260. The molecule has 0 amide bonds. The van der Waals surface area contributed by atoms with Crippen molar-refractivity contribution < 1.29 is 0 Å². The molecule has 0 spiro atoms. The summed E-state index contributed by atoms with van der Waals surface area (Å²) < 4.78 is 0. The molecule has 0 heteroatoms. The number of allylic oxidation sites excluding steroid dienone is 2. The molecule has 0 aromatic rings. The summed E-state index contributed by atoms with van der Waals surface area (Å²) in [5.41, 5.74) is 3.49. The SMILES string of the molecule is CCC1=C(CC)[C@@H](C)[C@@H](C)C1. The molecule has 0 aromatic carbocycles. The first-order valence-electron chi connectivity index (χ1n) is 4.91. The molecular weight excluding hydrogens is 132 g/mol. The highest BCUT2D eigenvalue weighted by atomic mass is 14.3. The topological polar surface area (TPSA) is 0 Å². The fraction of sp³-hybridized carbons (Fsp3) is 0.818. The van der Waals surface area contributed by atoms with E-state index < -0.39 is 0 Å². The van der Waals surface area contributed by atoms with Crippen LogP contribution in [0.2, 0.25) is 0 Å². The summed E-state index contributed by atoms with van der Waals surface area (Å²) in [6.45, 7) is 9.34. The van der Waals surface area contributed by atoms with E-state index in [0.29, 0.717) is 0 Å². The van der Waals surface area contributed by atoms with Gasteiger partial charge in [-0.1, -0.05) is 38.8 Å². The van der Waals surface area contributed by atoms with Gasteiger partial charge in [0.25, 0.3) is 0 Å². The molecule has 0 saturated heterocycles. The summed E-state index contributed by atoms with van der Waals surface area (Å²) in [5.74, 6) is 1.76. The third kappa shape index (κ3) is 1.50. The molecule has 2 atom stereocenters. The molecule has 0 fully saturated rings. The van der Waals surface area contributed by atoms with Crippen LogP contribution in [-0.4, -0.2) is 0 Å². The Morgan fingerprint density at radius 2 is 1.82 bits per heavy atom. The van der Waals surface area contributed by atoms with Crippen LogP contribution in [0.4, 0.5) is 0 Å². The van der Waals surface area contributed by atoms with Crippen molar-refractivity contribution in [1.82, 2.24) is 0 Å².